The predicted octanol–water partition coefficient (Wildman–Crippen LogP) is 1.15. The molecule has 1 heterocycles. The normalized spacial score (nSPS) is 17.2. The van der Waals surface area contributed by atoms with E-state index < -0.39 is 0 Å². The van der Waals surface area contributed by atoms with Crippen molar-refractivity contribution >= 4 is 11.8 Å². The summed E-state index contributed by atoms with van der Waals surface area (Å²) in [7, 11) is 4.96. The maximum atomic E-state index is 12.3. The van der Waals surface area contributed by atoms with Crippen LogP contribution in [0.25, 0.3) is 0 Å². The van der Waals surface area contributed by atoms with E-state index in [-0.39, 0.29) is 24.5 Å². The van der Waals surface area contributed by atoms with Crippen LogP contribution in [0.15, 0.2) is 24.3 Å². The van der Waals surface area contributed by atoms with Crippen LogP contribution < -0.4 is 9.47 Å². The summed E-state index contributed by atoms with van der Waals surface area (Å²) < 4.78 is 10.7. The van der Waals surface area contributed by atoms with Gasteiger partial charge in [-0.2, -0.15) is 0 Å². The molecule has 1 saturated heterocycles. The van der Waals surface area contributed by atoms with Crippen molar-refractivity contribution in [1.29, 1.82) is 0 Å². The quantitative estimate of drug-likeness (QED) is 0.819. The van der Waals surface area contributed by atoms with E-state index in [9.17, 15) is 9.59 Å². The number of rotatable bonds is 5. The van der Waals surface area contributed by atoms with Gasteiger partial charge in [0.25, 0.3) is 5.91 Å². The van der Waals surface area contributed by atoms with Gasteiger partial charge < -0.3 is 19.3 Å². The first-order valence-corrected chi connectivity index (χ1v) is 7.31. The zero-order valence-electron chi connectivity index (χ0n) is 13.2. The molecule has 1 unspecified atom stereocenters. The molecule has 0 radical (unpaired) electrons. The number of benzene rings is 1. The van der Waals surface area contributed by atoms with Crippen molar-refractivity contribution in [1.82, 2.24) is 9.80 Å². The van der Waals surface area contributed by atoms with Crippen LogP contribution in [-0.2, 0) is 9.59 Å². The highest BCUT2D eigenvalue weighted by Crippen LogP contribution is 2.26. The number of amides is 2. The molecule has 0 spiro atoms. The Balaban J connectivity index is 1.98. The van der Waals surface area contributed by atoms with Crippen molar-refractivity contribution in [3.8, 4) is 11.5 Å². The fraction of sp³-hybridized carbons (Fsp3) is 0.500. The van der Waals surface area contributed by atoms with E-state index in [1.807, 2.05) is 12.1 Å². The SMILES string of the molecule is COc1ccccc1OCC(=O)N1CCCC1C(=O)N(C)C. The van der Waals surface area contributed by atoms with Crippen molar-refractivity contribution in [2.24, 2.45) is 0 Å². The smallest absolute Gasteiger partial charge is 0.261 e. The van der Waals surface area contributed by atoms with Crippen molar-refractivity contribution in [3.05, 3.63) is 24.3 Å². The first-order valence-electron chi connectivity index (χ1n) is 7.31. The van der Waals surface area contributed by atoms with E-state index in [0.29, 0.717) is 24.5 Å². The molecule has 1 aromatic carbocycles. The Labute approximate surface area is 130 Å². The minimum absolute atomic E-state index is 0.0388. The van der Waals surface area contributed by atoms with Gasteiger partial charge in [0.15, 0.2) is 18.1 Å². The zero-order valence-corrected chi connectivity index (χ0v) is 13.2. The van der Waals surface area contributed by atoms with Gasteiger partial charge in [-0.3, -0.25) is 9.59 Å². The van der Waals surface area contributed by atoms with E-state index >= 15 is 0 Å². The van der Waals surface area contributed by atoms with Crippen LogP contribution in [0.4, 0.5) is 0 Å². The number of ether oxygens (including phenoxy) is 2. The Bertz CT molecular complexity index is 545. The third kappa shape index (κ3) is 3.50. The van der Waals surface area contributed by atoms with Crippen molar-refractivity contribution in [3.63, 3.8) is 0 Å². The third-order valence-corrected chi connectivity index (χ3v) is 3.72. The Morgan fingerprint density at radius 3 is 2.59 bits per heavy atom. The summed E-state index contributed by atoms with van der Waals surface area (Å²) in [5, 5.41) is 0. The van der Waals surface area contributed by atoms with Gasteiger partial charge in [0.05, 0.1) is 7.11 Å². The van der Waals surface area contributed by atoms with E-state index in [4.69, 9.17) is 9.47 Å². The first-order chi connectivity index (χ1) is 10.5. The fourth-order valence-corrected chi connectivity index (χ4v) is 2.58. The molecule has 0 aliphatic carbocycles. The van der Waals surface area contributed by atoms with Crippen molar-refractivity contribution < 1.29 is 19.1 Å². The molecule has 0 aromatic heterocycles. The van der Waals surface area contributed by atoms with Gasteiger partial charge in [0.2, 0.25) is 5.91 Å². The molecular formula is C16H22N2O4. The molecule has 6 nitrogen and oxygen atoms in total. The van der Waals surface area contributed by atoms with Crippen LogP contribution in [0.3, 0.4) is 0 Å². The molecule has 1 aliphatic heterocycles. The van der Waals surface area contributed by atoms with Crippen LogP contribution in [0.1, 0.15) is 12.8 Å². The minimum atomic E-state index is -0.372. The maximum Gasteiger partial charge on any atom is 0.261 e. The summed E-state index contributed by atoms with van der Waals surface area (Å²) in [4.78, 5) is 27.6. The molecule has 22 heavy (non-hydrogen) atoms. The second kappa shape index (κ2) is 7.15. The molecule has 2 rings (SSSR count). The number of likely N-dealkylation sites (N-methyl/N-ethyl adjacent to an activating group) is 1. The molecular weight excluding hydrogens is 284 g/mol. The Hall–Kier alpha value is -2.24. The lowest BCUT2D eigenvalue weighted by molar-refractivity contribution is -0.143. The molecule has 0 N–H and O–H groups in total. The van der Waals surface area contributed by atoms with Crippen LogP contribution >= 0.6 is 0 Å². The molecule has 1 aromatic rings. The molecule has 0 bridgehead atoms. The third-order valence-electron chi connectivity index (χ3n) is 3.72. The summed E-state index contributed by atoms with van der Waals surface area (Å²) >= 11 is 0. The molecule has 120 valence electrons. The lowest BCUT2D eigenvalue weighted by atomic mass is 10.2. The fourth-order valence-electron chi connectivity index (χ4n) is 2.58. The molecule has 1 aliphatic rings. The van der Waals surface area contributed by atoms with Gasteiger partial charge in [0.1, 0.15) is 6.04 Å². The van der Waals surface area contributed by atoms with Crippen molar-refractivity contribution in [2.75, 3.05) is 34.4 Å². The van der Waals surface area contributed by atoms with Gasteiger partial charge in [-0.05, 0) is 25.0 Å². The highest BCUT2D eigenvalue weighted by molar-refractivity contribution is 5.88. The summed E-state index contributed by atoms with van der Waals surface area (Å²) in [6.45, 7) is 0.496. The largest absolute Gasteiger partial charge is 0.493 e. The number of hydrogen-bond acceptors (Lipinski definition) is 4. The monoisotopic (exact) mass is 306 g/mol. The average Bonchev–Trinajstić information content (AvgIpc) is 3.01. The summed E-state index contributed by atoms with van der Waals surface area (Å²) in [5.41, 5.74) is 0. The van der Waals surface area contributed by atoms with Crippen LogP contribution in [0.2, 0.25) is 0 Å². The van der Waals surface area contributed by atoms with E-state index in [0.717, 1.165) is 6.42 Å². The molecule has 0 saturated carbocycles. The van der Waals surface area contributed by atoms with E-state index in [1.54, 1.807) is 38.2 Å². The topological polar surface area (TPSA) is 59.1 Å². The Morgan fingerprint density at radius 1 is 1.27 bits per heavy atom. The number of hydrogen-bond donors (Lipinski definition) is 0. The number of carbonyl (C=O) groups is 2. The first kappa shape index (κ1) is 16.1. The van der Waals surface area contributed by atoms with Crippen LogP contribution in [-0.4, -0.2) is 62.0 Å². The van der Waals surface area contributed by atoms with Gasteiger partial charge in [0, 0.05) is 20.6 Å². The lowest BCUT2D eigenvalue weighted by Crippen LogP contribution is -2.46. The van der Waals surface area contributed by atoms with Crippen molar-refractivity contribution in [2.45, 2.75) is 18.9 Å². The van der Waals surface area contributed by atoms with Crippen LogP contribution in [0.5, 0.6) is 11.5 Å². The summed E-state index contributed by atoms with van der Waals surface area (Å²) in [5.74, 6) is 0.887. The number of para-hydroxylation sites is 2. The molecule has 2 amide bonds. The summed E-state index contributed by atoms with van der Waals surface area (Å²) in [6, 6.07) is 6.80. The van der Waals surface area contributed by atoms with Gasteiger partial charge in [-0.15, -0.1) is 0 Å². The lowest BCUT2D eigenvalue weighted by Gasteiger charge is -2.26. The van der Waals surface area contributed by atoms with Crippen LogP contribution in [0, 0.1) is 0 Å². The highest BCUT2D eigenvalue weighted by Gasteiger charge is 2.34. The summed E-state index contributed by atoms with van der Waals surface area (Å²) in [6.07, 6.45) is 1.54. The minimum Gasteiger partial charge on any atom is -0.493 e. The van der Waals surface area contributed by atoms with E-state index in [1.165, 1.54) is 4.90 Å². The molecule has 1 atom stereocenters. The number of likely N-dealkylation sites (tertiary alicyclic amines) is 1. The predicted molar refractivity (Wildman–Crippen MR) is 81.9 cm³/mol. The average molecular weight is 306 g/mol. The second-order valence-electron chi connectivity index (χ2n) is 5.42. The van der Waals surface area contributed by atoms with Gasteiger partial charge in [-0.1, -0.05) is 12.1 Å². The van der Waals surface area contributed by atoms with Gasteiger partial charge >= 0.3 is 0 Å². The Kier molecular flexibility index (Phi) is 5.25. The number of nitrogens with zero attached hydrogens (tertiary/aromatic N) is 2. The maximum absolute atomic E-state index is 12.3. The highest BCUT2D eigenvalue weighted by atomic mass is 16.5. The number of methoxy groups -OCH3 is 1. The van der Waals surface area contributed by atoms with E-state index in [2.05, 4.69) is 0 Å². The molecule has 6 heteroatoms. The van der Waals surface area contributed by atoms with Gasteiger partial charge in [-0.25, -0.2) is 0 Å². The molecule has 1 fully saturated rings. The number of carbonyl (C=O) groups excluding carboxylic acids is 2. The second-order valence-corrected chi connectivity index (χ2v) is 5.42. The standard InChI is InChI=1S/C16H22N2O4/c1-17(2)16(20)12-7-6-10-18(12)15(19)11-22-14-9-5-4-8-13(14)21-3/h4-5,8-9,12H,6-7,10-11H2,1-3H3. The zero-order chi connectivity index (χ0) is 16.1. The Morgan fingerprint density at radius 2 is 1.95 bits per heavy atom.